The number of sulfonamides is 1. The predicted molar refractivity (Wildman–Crippen MR) is 58.4 cm³/mol. The van der Waals surface area contributed by atoms with Gasteiger partial charge in [0.25, 0.3) is 0 Å². The maximum absolute atomic E-state index is 10.7. The highest BCUT2D eigenvalue weighted by Crippen LogP contribution is 1.87. The maximum atomic E-state index is 10.7. The fraction of sp³-hybridized carbons (Fsp3) is 0.778. The second-order valence-corrected chi connectivity index (χ2v) is 4.93. The molecule has 1 atom stereocenters. The van der Waals surface area contributed by atoms with Crippen molar-refractivity contribution in [1.29, 1.82) is 0 Å². The Hall–Kier alpha value is -0.570. The van der Waals surface area contributed by atoms with Gasteiger partial charge in [0.15, 0.2) is 0 Å². The minimum Gasteiger partial charge on any atom is -0.304 e. The summed E-state index contributed by atoms with van der Waals surface area (Å²) < 4.78 is 23.8. The summed E-state index contributed by atoms with van der Waals surface area (Å²) in [6.07, 6.45) is 8.02. The van der Waals surface area contributed by atoms with Crippen LogP contribution >= 0.6 is 0 Å². The van der Waals surface area contributed by atoms with Crippen molar-refractivity contribution in [1.82, 2.24) is 10.0 Å². The van der Waals surface area contributed by atoms with E-state index in [1.54, 1.807) is 0 Å². The summed E-state index contributed by atoms with van der Waals surface area (Å²) in [5.41, 5.74) is 0. The van der Waals surface area contributed by atoms with Crippen LogP contribution in [0.1, 0.15) is 19.8 Å². The van der Waals surface area contributed by atoms with Gasteiger partial charge in [0, 0.05) is 6.54 Å². The minimum atomic E-state index is -3.05. The van der Waals surface area contributed by atoms with Crippen LogP contribution in [-0.2, 0) is 10.0 Å². The molecular weight excluding hydrogens is 200 g/mol. The highest BCUT2D eigenvalue weighted by molar-refractivity contribution is 7.88. The number of hydrogen-bond donors (Lipinski definition) is 2. The van der Waals surface area contributed by atoms with E-state index in [0.717, 1.165) is 25.6 Å². The van der Waals surface area contributed by atoms with E-state index in [1.807, 2.05) is 6.92 Å². The first-order chi connectivity index (χ1) is 6.49. The Morgan fingerprint density at radius 1 is 1.43 bits per heavy atom. The van der Waals surface area contributed by atoms with Crippen LogP contribution in [-0.4, -0.2) is 33.8 Å². The third-order valence-corrected chi connectivity index (χ3v) is 2.45. The van der Waals surface area contributed by atoms with E-state index in [-0.39, 0.29) is 6.04 Å². The first-order valence-electron chi connectivity index (χ1n) is 4.63. The second-order valence-electron chi connectivity index (χ2n) is 3.10. The molecule has 0 heterocycles. The van der Waals surface area contributed by atoms with E-state index >= 15 is 0 Å². The van der Waals surface area contributed by atoms with E-state index in [9.17, 15) is 8.42 Å². The van der Waals surface area contributed by atoms with Gasteiger partial charge in [0.1, 0.15) is 0 Å². The maximum Gasteiger partial charge on any atom is 0.208 e. The quantitative estimate of drug-likeness (QED) is 0.464. The van der Waals surface area contributed by atoms with Crippen LogP contribution in [0.15, 0.2) is 0 Å². The van der Waals surface area contributed by atoms with Crippen LogP contribution in [0.25, 0.3) is 0 Å². The molecule has 1 unspecified atom stereocenters. The lowest BCUT2D eigenvalue weighted by Crippen LogP contribution is -2.31. The number of rotatable bonds is 7. The fourth-order valence-corrected chi connectivity index (χ4v) is 1.46. The Morgan fingerprint density at radius 3 is 2.50 bits per heavy atom. The Labute approximate surface area is 86.5 Å². The lowest BCUT2D eigenvalue weighted by molar-refractivity contribution is 0.559. The average molecular weight is 218 g/mol. The molecule has 0 aromatic heterocycles. The molecular formula is C9H18N2O2S. The van der Waals surface area contributed by atoms with E-state index in [0.29, 0.717) is 6.54 Å². The summed E-state index contributed by atoms with van der Waals surface area (Å²) in [5, 5.41) is 3.13. The summed E-state index contributed by atoms with van der Waals surface area (Å²) in [6.45, 7) is 3.18. The summed E-state index contributed by atoms with van der Waals surface area (Å²) in [7, 11) is -3.05. The van der Waals surface area contributed by atoms with Crippen molar-refractivity contribution in [3.8, 4) is 12.3 Å². The normalized spacial score (nSPS) is 13.5. The molecule has 0 aliphatic rings. The van der Waals surface area contributed by atoms with Crippen LogP contribution in [0.5, 0.6) is 0 Å². The van der Waals surface area contributed by atoms with Crippen molar-refractivity contribution in [2.24, 2.45) is 0 Å². The number of terminal acetylenes is 1. The molecule has 0 aliphatic carbocycles. The lowest BCUT2D eigenvalue weighted by atomic mass is 10.2. The molecule has 2 N–H and O–H groups in total. The third-order valence-electron chi connectivity index (χ3n) is 1.72. The van der Waals surface area contributed by atoms with Gasteiger partial charge >= 0.3 is 0 Å². The van der Waals surface area contributed by atoms with Crippen LogP contribution in [0.2, 0.25) is 0 Å². The monoisotopic (exact) mass is 218 g/mol. The van der Waals surface area contributed by atoms with Crippen molar-refractivity contribution in [3.05, 3.63) is 0 Å². The van der Waals surface area contributed by atoms with E-state index in [1.165, 1.54) is 0 Å². The van der Waals surface area contributed by atoms with Crippen molar-refractivity contribution >= 4 is 10.0 Å². The van der Waals surface area contributed by atoms with Gasteiger partial charge in [-0.25, -0.2) is 13.1 Å². The molecule has 0 aromatic rings. The van der Waals surface area contributed by atoms with Crippen molar-refractivity contribution in [3.63, 3.8) is 0 Å². The Kier molecular flexibility index (Phi) is 6.54. The van der Waals surface area contributed by atoms with Gasteiger partial charge in [0.05, 0.1) is 12.3 Å². The molecule has 82 valence electrons. The molecule has 0 fully saturated rings. The molecule has 0 aliphatic heterocycles. The van der Waals surface area contributed by atoms with Gasteiger partial charge in [-0.2, -0.15) is 0 Å². The average Bonchev–Trinajstić information content (AvgIpc) is 2.09. The van der Waals surface area contributed by atoms with Gasteiger partial charge in [-0.3, -0.25) is 0 Å². The molecule has 0 bridgehead atoms. The highest BCUT2D eigenvalue weighted by atomic mass is 32.2. The molecule has 0 aromatic carbocycles. The zero-order valence-electron chi connectivity index (χ0n) is 8.71. The van der Waals surface area contributed by atoms with Crippen LogP contribution in [0, 0.1) is 12.3 Å². The molecule has 0 amide bonds. The molecule has 0 saturated carbocycles. The SMILES string of the molecule is C#CC(CC)NCCCNS(C)(=O)=O. The summed E-state index contributed by atoms with van der Waals surface area (Å²) in [6, 6.07) is 0.0910. The second kappa shape index (κ2) is 6.82. The van der Waals surface area contributed by atoms with Crippen LogP contribution < -0.4 is 10.0 Å². The Morgan fingerprint density at radius 2 is 2.07 bits per heavy atom. The third kappa shape index (κ3) is 8.05. The molecule has 14 heavy (non-hydrogen) atoms. The van der Waals surface area contributed by atoms with Gasteiger partial charge in [-0.1, -0.05) is 12.8 Å². The van der Waals surface area contributed by atoms with Gasteiger partial charge in [-0.15, -0.1) is 6.42 Å². The Bertz CT molecular complexity index is 280. The topological polar surface area (TPSA) is 58.2 Å². The van der Waals surface area contributed by atoms with Crippen LogP contribution in [0.4, 0.5) is 0 Å². The molecule has 0 rings (SSSR count). The molecule has 4 nitrogen and oxygen atoms in total. The summed E-state index contributed by atoms with van der Waals surface area (Å²) >= 11 is 0. The molecule has 5 heteroatoms. The minimum absolute atomic E-state index is 0.0910. The van der Waals surface area contributed by atoms with Crippen molar-refractivity contribution < 1.29 is 8.42 Å². The van der Waals surface area contributed by atoms with E-state index in [4.69, 9.17) is 6.42 Å². The van der Waals surface area contributed by atoms with Crippen LogP contribution in [0.3, 0.4) is 0 Å². The first-order valence-corrected chi connectivity index (χ1v) is 6.53. The largest absolute Gasteiger partial charge is 0.304 e. The molecule has 0 saturated heterocycles. The molecule has 0 spiro atoms. The number of hydrogen-bond acceptors (Lipinski definition) is 3. The van der Waals surface area contributed by atoms with Gasteiger partial charge < -0.3 is 5.32 Å². The van der Waals surface area contributed by atoms with Crippen molar-refractivity contribution in [2.45, 2.75) is 25.8 Å². The van der Waals surface area contributed by atoms with E-state index in [2.05, 4.69) is 16.0 Å². The summed E-state index contributed by atoms with van der Waals surface area (Å²) in [4.78, 5) is 0. The first kappa shape index (κ1) is 13.4. The predicted octanol–water partition coefficient (Wildman–Crippen LogP) is -0.0729. The summed E-state index contributed by atoms with van der Waals surface area (Å²) in [5.74, 6) is 2.61. The highest BCUT2D eigenvalue weighted by Gasteiger charge is 2.01. The Balaban J connectivity index is 3.44. The lowest BCUT2D eigenvalue weighted by Gasteiger charge is -2.09. The number of nitrogens with one attached hydrogen (secondary N) is 2. The standard InChI is InChI=1S/C9H18N2O2S/c1-4-9(5-2)10-7-6-8-11-14(3,12)13/h1,9-11H,5-8H2,2-3H3. The fourth-order valence-electron chi connectivity index (χ4n) is 0.943. The zero-order chi connectivity index (χ0) is 11.0. The molecule has 0 radical (unpaired) electrons. The van der Waals surface area contributed by atoms with E-state index < -0.39 is 10.0 Å². The van der Waals surface area contributed by atoms with Gasteiger partial charge in [0.2, 0.25) is 10.0 Å². The van der Waals surface area contributed by atoms with Crippen molar-refractivity contribution in [2.75, 3.05) is 19.3 Å². The smallest absolute Gasteiger partial charge is 0.208 e. The van der Waals surface area contributed by atoms with Gasteiger partial charge in [-0.05, 0) is 19.4 Å². The zero-order valence-corrected chi connectivity index (χ0v) is 9.52.